The SMILES string of the molecule is O=P(O)(O)O.O=[SH2]=O. The largest absolute Gasteiger partial charge is 0.466 e. The van der Waals surface area contributed by atoms with E-state index in [0.29, 0.717) is 0 Å². The fourth-order valence-electron chi connectivity index (χ4n) is 0. The first-order valence-electron chi connectivity index (χ1n) is 1.19. The van der Waals surface area contributed by atoms with Crippen LogP contribution in [0.2, 0.25) is 0 Å². The zero-order valence-corrected chi connectivity index (χ0v) is 5.41. The lowest BCUT2D eigenvalue weighted by molar-refractivity contribution is 0.275. The number of hydrogen-bond donors (Lipinski definition) is 3. The minimum Gasteiger partial charge on any atom is -0.303 e. The summed E-state index contributed by atoms with van der Waals surface area (Å²) in [4.78, 5) is 21.6. The predicted molar refractivity (Wildman–Crippen MR) is 26.0 cm³/mol. The van der Waals surface area contributed by atoms with Crippen molar-refractivity contribution in [3.63, 3.8) is 0 Å². The highest BCUT2D eigenvalue weighted by atomic mass is 32.1. The molecule has 52 valence electrons. The lowest BCUT2D eigenvalue weighted by Crippen LogP contribution is -1.66. The average Bonchev–Trinajstić information content (AvgIpc) is 1.27. The fourth-order valence-corrected chi connectivity index (χ4v) is 0. The van der Waals surface area contributed by atoms with Crippen LogP contribution >= 0.6 is 7.82 Å². The first-order valence-corrected chi connectivity index (χ1v) is 3.57. The van der Waals surface area contributed by atoms with Gasteiger partial charge in [-0.05, 0) is 0 Å². The molecule has 0 amide bonds. The van der Waals surface area contributed by atoms with Crippen LogP contribution in [0.3, 0.4) is 0 Å². The van der Waals surface area contributed by atoms with E-state index >= 15 is 0 Å². The molecule has 0 aliphatic heterocycles. The molecule has 0 saturated carbocycles. The summed E-state index contributed by atoms with van der Waals surface area (Å²) in [6, 6.07) is 0. The first kappa shape index (κ1) is 10.9. The Bertz CT molecular complexity index is 106. The van der Waals surface area contributed by atoms with Gasteiger partial charge in [0.2, 0.25) is 0 Å². The molecule has 0 unspecified atom stereocenters. The highest BCUT2D eigenvalue weighted by Crippen LogP contribution is 2.25. The third kappa shape index (κ3) is 43100. The second-order valence-corrected chi connectivity index (χ2v) is 1.79. The molecular formula is H5O6PS. The van der Waals surface area contributed by atoms with Gasteiger partial charge in [0.25, 0.3) is 0 Å². The number of hydrogen-bond acceptors (Lipinski definition) is 3. The minimum absolute atomic E-state index is 1.42. The highest BCUT2D eigenvalue weighted by Gasteiger charge is 2.00. The van der Waals surface area contributed by atoms with Crippen LogP contribution in [0, 0.1) is 0 Å². The molecule has 0 atom stereocenters. The van der Waals surface area contributed by atoms with Crippen molar-refractivity contribution in [2.45, 2.75) is 0 Å². The van der Waals surface area contributed by atoms with Crippen molar-refractivity contribution in [3.05, 3.63) is 0 Å². The molecule has 0 aromatic carbocycles. The Kier molecular flexibility index (Phi) is 7.11. The third-order valence-electron chi connectivity index (χ3n) is 0. The molecule has 0 fully saturated rings. The van der Waals surface area contributed by atoms with Crippen LogP contribution in [0.15, 0.2) is 0 Å². The lowest BCUT2D eigenvalue weighted by Gasteiger charge is -1.82. The van der Waals surface area contributed by atoms with Crippen molar-refractivity contribution >= 4 is 19.4 Å². The standard InChI is InChI=1S/H3O4P.H2O2S/c1-5(2,3)4;1-3-2/h(H3,1,2,3,4);3H2. The van der Waals surface area contributed by atoms with Gasteiger partial charge in [0, 0.05) is 0 Å². The summed E-state index contributed by atoms with van der Waals surface area (Å²) in [5.41, 5.74) is 0. The Hall–Kier alpha value is 0.0600. The second kappa shape index (κ2) is 5.20. The van der Waals surface area contributed by atoms with Crippen LogP contribution < -0.4 is 0 Å². The zero-order chi connectivity index (χ0) is 7.21. The molecule has 0 aliphatic carbocycles. The third-order valence-corrected chi connectivity index (χ3v) is 0. The molecule has 0 spiro atoms. The van der Waals surface area contributed by atoms with E-state index in [4.69, 9.17) is 27.7 Å². The summed E-state index contributed by atoms with van der Waals surface area (Å²) >= 11 is -1.42. The smallest absolute Gasteiger partial charge is 0.303 e. The van der Waals surface area contributed by atoms with Gasteiger partial charge in [-0.2, -0.15) is 0 Å². The summed E-state index contributed by atoms with van der Waals surface area (Å²) in [7, 11) is -4.64. The molecular weight excluding hydrogens is 159 g/mol. The minimum atomic E-state index is -4.64. The zero-order valence-electron chi connectivity index (χ0n) is 3.51. The molecule has 3 N–H and O–H groups in total. The Balaban J connectivity index is 0. The maximum absolute atomic E-state index is 8.88. The number of rotatable bonds is 0. The van der Waals surface area contributed by atoms with E-state index in [-0.39, 0.29) is 0 Å². The monoisotopic (exact) mass is 164 g/mol. The maximum Gasteiger partial charge on any atom is 0.466 e. The van der Waals surface area contributed by atoms with Gasteiger partial charge < -0.3 is 14.7 Å². The van der Waals surface area contributed by atoms with Crippen LogP contribution in [0.4, 0.5) is 0 Å². The van der Waals surface area contributed by atoms with Gasteiger partial charge in [0.15, 0.2) is 0 Å². The maximum atomic E-state index is 8.88. The molecule has 6 nitrogen and oxygen atoms in total. The highest BCUT2D eigenvalue weighted by molar-refractivity contribution is 7.51. The van der Waals surface area contributed by atoms with E-state index in [1.165, 1.54) is 0 Å². The Labute approximate surface area is 48.0 Å². The summed E-state index contributed by atoms with van der Waals surface area (Å²) in [6.45, 7) is 0. The molecule has 8 heavy (non-hydrogen) atoms. The lowest BCUT2D eigenvalue weighted by atomic mass is 15.8. The Morgan fingerprint density at radius 3 is 1.12 bits per heavy atom. The Morgan fingerprint density at radius 1 is 1.12 bits per heavy atom. The van der Waals surface area contributed by atoms with E-state index in [1.54, 1.807) is 0 Å². The molecule has 0 rings (SSSR count). The summed E-state index contributed by atoms with van der Waals surface area (Å²) < 4.78 is 25.7. The van der Waals surface area contributed by atoms with Gasteiger partial charge >= 0.3 is 7.82 Å². The molecule has 0 heterocycles. The normalized spacial score (nSPS) is 9.38. The van der Waals surface area contributed by atoms with Crippen molar-refractivity contribution in [3.8, 4) is 0 Å². The molecule has 8 heteroatoms. The molecule has 0 aromatic heterocycles. The van der Waals surface area contributed by atoms with Crippen LogP contribution in [0.25, 0.3) is 0 Å². The van der Waals surface area contributed by atoms with E-state index in [2.05, 4.69) is 0 Å². The van der Waals surface area contributed by atoms with Gasteiger partial charge in [0.1, 0.15) is 11.6 Å². The molecule has 0 aliphatic rings. The topological polar surface area (TPSA) is 112 Å². The van der Waals surface area contributed by atoms with Gasteiger partial charge in [-0.3, -0.25) is 0 Å². The van der Waals surface area contributed by atoms with Crippen molar-refractivity contribution < 1.29 is 27.7 Å². The fraction of sp³-hybridized carbons (Fsp3) is 0. The molecule has 0 aromatic rings. The van der Waals surface area contributed by atoms with Crippen LogP contribution in [0.1, 0.15) is 0 Å². The molecule has 0 radical (unpaired) electrons. The van der Waals surface area contributed by atoms with Gasteiger partial charge in [-0.1, -0.05) is 0 Å². The molecule has 0 bridgehead atoms. The van der Waals surface area contributed by atoms with E-state index < -0.39 is 19.4 Å². The van der Waals surface area contributed by atoms with Crippen LogP contribution in [-0.2, 0) is 16.1 Å². The van der Waals surface area contributed by atoms with Crippen LogP contribution in [0.5, 0.6) is 0 Å². The quantitative estimate of drug-likeness (QED) is 0.352. The van der Waals surface area contributed by atoms with Gasteiger partial charge in [-0.15, -0.1) is 0 Å². The van der Waals surface area contributed by atoms with Crippen molar-refractivity contribution in [2.24, 2.45) is 0 Å². The average molecular weight is 164 g/mol. The van der Waals surface area contributed by atoms with Crippen molar-refractivity contribution in [2.75, 3.05) is 0 Å². The van der Waals surface area contributed by atoms with E-state index in [1.807, 2.05) is 0 Å². The van der Waals surface area contributed by atoms with Crippen molar-refractivity contribution in [1.82, 2.24) is 0 Å². The molecule has 0 saturated heterocycles. The Morgan fingerprint density at radius 2 is 1.12 bits per heavy atom. The van der Waals surface area contributed by atoms with E-state index in [9.17, 15) is 0 Å². The van der Waals surface area contributed by atoms with Gasteiger partial charge in [0.05, 0.1) is 0 Å². The summed E-state index contributed by atoms with van der Waals surface area (Å²) in [5, 5.41) is 0. The first-order chi connectivity index (χ1) is 3.41. The predicted octanol–water partition coefficient (Wildman–Crippen LogP) is -2.13. The summed E-state index contributed by atoms with van der Waals surface area (Å²) in [5.74, 6) is 0. The van der Waals surface area contributed by atoms with Crippen molar-refractivity contribution in [1.29, 1.82) is 0 Å². The van der Waals surface area contributed by atoms with Gasteiger partial charge in [-0.25, -0.2) is 13.0 Å². The second-order valence-electron chi connectivity index (χ2n) is 0.597. The van der Waals surface area contributed by atoms with E-state index in [0.717, 1.165) is 0 Å². The summed E-state index contributed by atoms with van der Waals surface area (Å²) in [6.07, 6.45) is 0. The number of phosphoric acid groups is 1. The van der Waals surface area contributed by atoms with Crippen LogP contribution in [-0.4, -0.2) is 23.1 Å².